The average molecular weight is 514 g/mol. The summed E-state index contributed by atoms with van der Waals surface area (Å²) in [5.41, 5.74) is 3.68. The van der Waals surface area contributed by atoms with Gasteiger partial charge in [0.05, 0.1) is 16.9 Å². The van der Waals surface area contributed by atoms with E-state index in [9.17, 15) is 13.6 Å². The maximum atomic E-state index is 12.9. The molecule has 0 aliphatic rings. The number of alkyl halides is 2. The van der Waals surface area contributed by atoms with E-state index in [-0.39, 0.29) is 11.5 Å². The number of halogens is 2. The van der Waals surface area contributed by atoms with Crippen molar-refractivity contribution in [3.63, 3.8) is 0 Å². The summed E-state index contributed by atoms with van der Waals surface area (Å²) < 4.78 is 31.1. The molecule has 184 valence electrons. The van der Waals surface area contributed by atoms with Crippen LogP contribution in [0.1, 0.15) is 21.6 Å². The Bertz CT molecular complexity index is 1580. The molecular formula is C29H21F2N3O2S. The Labute approximate surface area is 216 Å². The highest BCUT2D eigenvalue weighted by molar-refractivity contribution is 7.99. The van der Waals surface area contributed by atoms with Crippen LogP contribution < -0.4 is 4.74 Å². The zero-order chi connectivity index (χ0) is 25.8. The van der Waals surface area contributed by atoms with Crippen LogP contribution in [0.25, 0.3) is 22.7 Å². The van der Waals surface area contributed by atoms with Crippen LogP contribution in [-0.2, 0) is 0 Å². The molecule has 0 atom stereocenters. The smallest absolute Gasteiger partial charge is 0.387 e. The minimum Gasteiger partial charge on any atom is -0.435 e. The fraction of sp³-hybridized carbons (Fsp3) is 0.0690. The predicted molar refractivity (Wildman–Crippen MR) is 141 cm³/mol. The molecular weight excluding hydrogens is 492 g/mol. The second-order valence-electron chi connectivity index (χ2n) is 8.09. The van der Waals surface area contributed by atoms with Gasteiger partial charge in [-0.15, -0.1) is 0 Å². The monoisotopic (exact) mass is 513 g/mol. The lowest BCUT2D eigenvalue weighted by molar-refractivity contribution is -0.0498. The minimum atomic E-state index is -2.92. The number of nitrogens with zero attached hydrogens (tertiary/aromatic N) is 3. The number of para-hydroxylation sites is 2. The third-order valence-electron chi connectivity index (χ3n) is 5.63. The second-order valence-corrected chi connectivity index (χ2v) is 9.12. The Morgan fingerprint density at radius 3 is 2.49 bits per heavy atom. The number of aryl methyl sites for hydroxylation is 1. The molecule has 5 rings (SSSR count). The summed E-state index contributed by atoms with van der Waals surface area (Å²) in [6.07, 6.45) is 4.98. The molecule has 8 heteroatoms. The first-order chi connectivity index (χ1) is 18.0. The van der Waals surface area contributed by atoms with Gasteiger partial charge in [0, 0.05) is 27.6 Å². The molecule has 0 amide bonds. The number of benzene rings is 3. The number of ether oxygens (including phenoxy) is 1. The molecule has 0 aliphatic carbocycles. The van der Waals surface area contributed by atoms with Crippen LogP contribution in [0.2, 0.25) is 0 Å². The highest BCUT2D eigenvalue weighted by Crippen LogP contribution is 2.37. The Hall–Kier alpha value is -4.30. The van der Waals surface area contributed by atoms with Crippen LogP contribution >= 0.6 is 11.8 Å². The molecule has 0 unspecified atom stereocenters. The molecule has 0 fully saturated rings. The predicted octanol–water partition coefficient (Wildman–Crippen LogP) is 7.38. The van der Waals surface area contributed by atoms with E-state index in [1.165, 1.54) is 42.1 Å². The van der Waals surface area contributed by atoms with Gasteiger partial charge in [-0.05, 0) is 67.6 Å². The van der Waals surface area contributed by atoms with E-state index in [4.69, 9.17) is 5.10 Å². The van der Waals surface area contributed by atoms with Gasteiger partial charge in [-0.25, -0.2) is 4.68 Å². The van der Waals surface area contributed by atoms with Gasteiger partial charge in [-0.2, -0.15) is 13.9 Å². The summed E-state index contributed by atoms with van der Waals surface area (Å²) in [6.45, 7) is -1.02. The number of carbonyl (C=O) groups is 1. The van der Waals surface area contributed by atoms with E-state index in [1.807, 2.05) is 72.3 Å². The molecule has 3 aromatic carbocycles. The molecule has 0 N–H and O–H groups in total. The fourth-order valence-electron chi connectivity index (χ4n) is 3.87. The van der Waals surface area contributed by atoms with E-state index >= 15 is 0 Å². The fourth-order valence-corrected chi connectivity index (χ4v) is 5.05. The average Bonchev–Trinajstić information content (AvgIpc) is 3.22. The van der Waals surface area contributed by atoms with Gasteiger partial charge in [-0.3, -0.25) is 9.78 Å². The summed E-state index contributed by atoms with van der Waals surface area (Å²) in [5, 5.41) is 6.64. The molecule has 5 nitrogen and oxygen atoms in total. The van der Waals surface area contributed by atoms with Crippen molar-refractivity contribution in [3.8, 4) is 11.4 Å². The largest absolute Gasteiger partial charge is 0.435 e. The third-order valence-corrected chi connectivity index (χ3v) is 6.77. The molecule has 0 bridgehead atoms. The van der Waals surface area contributed by atoms with Crippen molar-refractivity contribution in [1.29, 1.82) is 0 Å². The van der Waals surface area contributed by atoms with E-state index < -0.39 is 6.61 Å². The molecule has 37 heavy (non-hydrogen) atoms. The van der Waals surface area contributed by atoms with Crippen molar-refractivity contribution in [2.45, 2.75) is 23.5 Å². The molecule has 0 aliphatic heterocycles. The molecule has 0 saturated heterocycles. The Balaban J connectivity index is 1.52. The normalized spacial score (nSPS) is 11.5. The molecule has 2 aromatic heterocycles. The number of fused-ring (bicyclic) bond motifs is 1. The number of aromatic nitrogens is 3. The zero-order valence-electron chi connectivity index (χ0n) is 19.7. The van der Waals surface area contributed by atoms with Crippen LogP contribution in [0.15, 0.2) is 107 Å². The van der Waals surface area contributed by atoms with Crippen LogP contribution in [0.4, 0.5) is 8.78 Å². The van der Waals surface area contributed by atoms with Crippen molar-refractivity contribution < 1.29 is 18.3 Å². The minimum absolute atomic E-state index is 0.00195. The Morgan fingerprint density at radius 2 is 1.73 bits per heavy atom. The van der Waals surface area contributed by atoms with Crippen molar-refractivity contribution in [1.82, 2.24) is 14.8 Å². The van der Waals surface area contributed by atoms with Crippen LogP contribution in [0.3, 0.4) is 0 Å². The highest BCUT2D eigenvalue weighted by Gasteiger charge is 2.18. The third kappa shape index (κ3) is 5.44. The first-order valence-corrected chi connectivity index (χ1v) is 12.2. The molecule has 2 heterocycles. The Morgan fingerprint density at radius 1 is 0.973 bits per heavy atom. The molecule has 0 radical (unpaired) electrons. The van der Waals surface area contributed by atoms with Crippen LogP contribution in [0.5, 0.6) is 5.75 Å². The van der Waals surface area contributed by atoms with Gasteiger partial charge in [0.15, 0.2) is 5.78 Å². The van der Waals surface area contributed by atoms with Gasteiger partial charge >= 0.3 is 6.61 Å². The van der Waals surface area contributed by atoms with Gasteiger partial charge in [-0.1, -0.05) is 48.2 Å². The van der Waals surface area contributed by atoms with Gasteiger partial charge in [0.1, 0.15) is 10.8 Å². The summed E-state index contributed by atoms with van der Waals surface area (Å²) in [6, 6.07) is 25.3. The van der Waals surface area contributed by atoms with E-state index in [1.54, 1.807) is 12.3 Å². The van der Waals surface area contributed by atoms with Crippen LogP contribution in [-0.4, -0.2) is 27.2 Å². The number of ketones is 1. The van der Waals surface area contributed by atoms with Crippen molar-refractivity contribution in [2.75, 3.05) is 0 Å². The van der Waals surface area contributed by atoms with E-state index in [2.05, 4.69) is 9.72 Å². The lowest BCUT2D eigenvalue weighted by Crippen LogP contribution is -2.02. The SMILES string of the molecule is Cc1nn(-c2ccccc2)c(Sc2cccc3cccnc23)c1/C=C/C(=O)c1ccc(OC(F)F)cc1. The van der Waals surface area contributed by atoms with Gasteiger partial charge in [0.25, 0.3) is 0 Å². The molecule has 5 aromatic rings. The molecule has 0 saturated carbocycles. The van der Waals surface area contributed by atoms with Crippen molar-refractivity contribution in [2.24, 2.45) is 0 Å². The summed E-state index contributed by atoms with van der Waals surface area (Å²) in [4.78, 5) is 18.4. The molecule has 0 spiro atoms. The topological polar surface area (TPSA) is 57.0 Å². The van der Waals surface area contributed by atoms with E-state index in [0.717, 1.165) is 37.8 Å². The Kier molecular flexibility index (Phi) is 7.09. The number of carbonyl (C=O) groups excluding carboxylic acids is 1. The second kappa shape index (κ2) is 10.8. The quantitative estimate of drug-likeness (QED) is 0.160. The standard InChI is InChI=1S/C29H21F2N3O2S/c1-19-24(16-17-25(35)20-12-14-23(15-13-20)36-29(30)31)28(34(33-19)22-9-3-2-4-10-22)37-26-11-5-7-21-8-6-18-32-27(21)26/h2-18,29H,1H3/b17-16+. The maximum Gasteiger partial charge on any atom is 0.387 e. The highest BCUT2D eigenvalue weighted by atomic mass is 32.2. The number of hydrogen-bond acceptors (Lipinski definition) is 5. The van der Waals surface area contributed by atoms with Gasteiger partial charge in [0.2, 0.25) is 0 Å². The summed E-state index contributed by atoms with van der Waals surface area (Å²) >= 11 is 1.53. The number of rotatable bonds is 8. The van der Waals surface area contributed by atoms with Gasteiger partial charge < -0.3 is 4.74 Å². The van der Waals surface area contributed by atoms with Crippen molar-refractivity contribution in [3.05, 3.63) is 114 Å². The zero-order valence-corrected chi connectivity index (χ0v) is 20.5. The van der Waals surface area contributed by atoms with E-state index in [0.29, 0.717) is 5.56 Å². The number of pyridine rings is 1. The first kappa shape index (κ1) is 24.4. The maximum absolute atomic E-state index is 12.9. The van der Waals surface area contributed by atoms with Crippen molar-refractivity contribution >= 4 is 34.5 Å². The number of hydrogen-bond donors (Lipinski definition) is 0. The lowest BCUT2D eigenvalue weighted by Gasteiger charge is -2.10. The lowest BCUT2D eigenvalue weighted by atomic mass is 10.1. The summed E-state index contributed by atoms with van der Waals surface area (Å²) in [5.74, 6) is -0.267. The first-order valence-electron chi connectivity index (χ1n) is 11.4. The number of allylic oxidation sites excluding steroid dienone is 1. The van der Waals surface area contributed by atoms with Crippen LogP contribution in [0, 0.1) is 6.92 Å². The summed E-state index contributed by atoms with van der Waals surface area (Å²) in [7, 11) is 0.